The highest BCUT2D eigenvalue weighted by molar-refractivity contribution is 5.72. The molecule has 1 aromatic rings. The predicted molar refractivity (Wildman–Crippen MR) is 101 cm³/mol. The van der Waals surface area contributed by atoms with Gasteiger partial charge < -0.3 is 26.6 Å². The second-order valence-electron chi connectivity index (χ2n) is 7.89. The van der Waals surface area contributed by atoms with Crippen LogP contribution < -0.4 is 12.4 Å². The van der Waals surface area contributed by atoms with Crippen molar-refractivity contribution < 1.29 is 31.4 Å². The fourth-order valence-electron chi connectivity index (χ4n) is 4.05. The van der Waals surface area contributed by atoms with E-state index in [1.165, 1.54) is 24.8 Å². The highest BCUT2D eigenvalue weighted by Crippen LogP contribution is 2.28. The number of esters is 1. The SMILES string of the molecule is C[C@@H]1OC(=O)[C@@H](C)COC[C@H](Cc2ccccc2)[C@H]1OC1CCCCC1.[Cl-]. The van der Waals surface area contributed by atoms with E-state index in [2.05, 4.69) is 24.3 Å². The Bertz CT molecular complexity index is 559. The molecular weight excluding hydrogens is 364 g/mol. The number of rotatable bonds is 4. The van der Waals surface area contributed by atoms with E-state index in [-0.39, 0.29) is 48.5 Å². The van der Waals surface area contributed by atoms with Crippen LogP contribution in [0.2, 0.25) is 0 Å². The molecule has 0 N–H and O–H groups in total. The van der Waals surface area contributed by atoms with E-state index in [0.29, 0.717) is 13.2 Å². The van der Waals surface area contributed by atoms with Gasteiger partial charge in [0.1, 0.15) is 6.10 Å². The van der Waals surface area contributed by atoms with Crippen molar-refractivity contribution in [3.8, 4) is 0 Å². The number of hydrogen-bond acceptors (Lipinski definition) is 4. The van der Waals surface area contributed by atoms with E-state index in [0.717, 1.165) is 19.3 Å². The van der Waals surface area contributed by atoms with Crippen molar-refractivity contribution in [1.29, 1.82) is 0 Å². The first kappa shape index (κ1) is 22.2. The van der Waals surface area contributed by atoms with Crippen LogP contribution in [0.25, 0.3) is 0 Å². The second kappa shape index (κ2) is 11.0. The van der Waals surface area contributed by atoms with Crippen LogP contribution >= 0.6 is 0 Å². The lowest BCUT2D eigenvalue weighted by atomic mass is 9.90. The van der Waals surface area contributed by atoms with Crippen molar-refractivity contribution in [1.82, 2.24) is 0 Å². The quantitative estimate of drug-likeness (QED) is 0.718. The molecule has 0 unspecified atom stereocenters. The maximum absolute atomic E-state index is 12.3. The highest BCUT2D eigenvalue weighted by Gasteiger charge is 2.35. The zero-order chi connectivity index (χ0) is 18.4. The maximum Gasteiger partial charge on any atom is 0.311 e. The summed E-state index contributed by atoms with van der Waals surface area (Å²) in [5, 5.41) is 0. The number of carbonyl (C=O) groups is 1. The van der Waals surface area contributed by atoms with Gasteiger partial charge in [-0.1, -0.05) is 49.6 Å². The third-order valence-electron chi connectivity index (χ3n) is 5.57. The van der Waals surface area contributed by atoms with E-state index in [1.807, 2.05) is 19.9 Å². The summed E-state index contributed by atoms with van der Waals surface area (Å²) in [6, 6.07) is 10.4. The van der Waals surface area contributed by atoms with Crippen LogP contribution in [0.15, 0.2) is 30.3 Å². The lowest BCUT2D eigenvalue weighted by Crippen LogP contribution is -3.00. The van der Waals surface area contributed by atoms with Crippen molar-refractivity contribution in [2.24, 2.45) is 11.8 Å². The van der Waals surface area contributed by atoms with Gasteiger partial charge in [-0.3, -0.25) is 4.79 Å². The predicted octanol–water partition coefficient (Wildman–Crippen LogP) is 1.17. The van der Waals surface area contributed by atoms with Crippen LogP contribution in [-0.2, 0) is 25.4 Å². The minimum atomic E-state index is -0.262. The van der Waals surface area contributed by atoms with E-state index < -0.39 is 0 Å². The van der Waals surface area contributed by atoms with Gasteiger partial charge in [-0.2, -0.15) is 0 Å². The molecular formula is C22H32ClO4-. The minimum Gasteiger partial charge on any atom is -1.00 e. The van der Waals surface area contributed by atoms with Crippen LogP contribution in [0, 0.1) is 11.8 Å². The Balaban J connectivity index is 0.00000261. The average molecular weight is 396 g/mol. The molecule has 0 amide bonds. The first-order valence-electron chi connectivity index (χ1n) is 10.1. The Labute approximate surface area is 169 Å². The summed E-state index contributed by atoms with van der Waals surface area (Å²) in [4.78, 5) is 12.3. The van der Waals surface area contributed by atoms with E-state index >= 15 is 0 Å². The summed E-state index contributed by atoms with van der Waals surface area (Å²) < 4.78 is 18.2. The van der Waals surface area contributed by atoms with Gasteiger partial charge in [0, 0.05) is 5.92 Å². The van der Waals surface area contributed by atoms with Gasteiger partial charge in [-0.15, -0.1) is 0 Å². The molecule has 1 heterocycles. The van der Waals surface area contributed by atoms with Crippen molar-refractivity contribution in [2.75, 3.05) is 13.2 Å². The Morgan fingerprint density at radius 2 is 1.74 bits per heavy atom. The molecule has 5 heteroatoms. The second-order valence-corrected chi connectivity index (χ2v) is 7.89. The molecule has 1 aromatic carbocycles. The lowest BCUT2D eigenvalue weighted by molar-refractivity contribution is -0.167. The molecule has 2 fully saturated rings. The topological polar surface area (TPSA) is 44.8 Å². The molecule has 1 aliphatic carbocycles. The zero-order valence-electron chi connectivity index (χ0n) is 16.4. The molecule has 1 saturated heterocycles. The molecule has 0 aromatic heterocycles. The summed E-state index contributed by atoms with van der Waals surface area (Å²) in [7, 11) is 0. The molecule has 0 spiro atoms. The van der Waals surface area contributed by atoms with Crippen LogP contribution in [0.3, 0.4) is 0 Å². The molecule has 1 aliphatic heterocycles. The minimum absolute atomic E-state index is 0. The van der Waals surface area contributed by atoms with Crippen molar-refractivity contribution in [3.63, 3.8) is 0 Å². The van der Waals surface area contributed by atoms with Crippen LogP contribution in [-0.4, -0.2) is 37.5 Å². The largest absolute Gasteiger partial charge is 1.00 e. The summed E-state index contributed by atoms with van der Waals surface area (Å²) in [6.45, 7) is 4.84. The molecule has 3 rings (SSSR count). The van der Waals surface area contributed by atoms with E-state index in [1.54, 1.807) is 0 Å². The molecule has 27 heavy (non-hydrogen) atoms. The molecule has 4 atom stereocenters. The first-order valence-corrected chi connectivity index (χ1v) is 10.1. The standard InChI is InChI=1S/C22H32O4.ClH/c1-16-14-24-15-19(13-18-9-5-3-6-10-18)21(17(2)25-22(16)23)26-20-11-7-4-8-12-20;/h3,5-6,9-10,16-17,19-21H,4,7-8,11-15H2,1-2H3;1H/p-1/t16-,17-,19-,21-;/m0./s1. The van der Waals surface area contributed by atoms with Crippen LogP contribution in [0.1, 0.15) is 51.5 Å². The highest BCUT2D eigenvalue weighted by atomic mass is 35.5. The average Bonchev–Trinajstić information content (AvgIpc) is 2.70. The normalized spacial score (nSPS) is 30.4. The third kappa shape index (κ3) is 6.48. The number of cyclic esters (lactones) is 1. The lowest BCUT2D eigenvalue weighted by Gasteiger charge is -2.35. The fraction of sp³-hybridized carbons (Fsp3) is 0.682. The third-order valence-corrected chi connectivity index (χ3v) is 5.57. The maximum atomic E-state index is 12.3. The zero-order valence-corrected chi connectivity index (χ0v) is 17.2. The number of ether oxygens (including phenoxy) is 3. The van der Waals surface area contributed by atoms with Crippen molar-refractivity contribution >= 4 is 5.97 Å². The molecule has 0 bridgehead atoms. The first-order chi connectivity index (χ1) is 12.6. The van der Waals surface area contributed by atoms with Gasteiger partial charge in [-0.05, 0) is 38.7 Å². The Hall–Kier alpha value is -1.10. The molecule has 4 nitrogen and oxygen atoms in total. The van der Waals surface area contributed by atoms with Gasteiger partial charge in [0.25, 0.3) is 0 Å². The van der Waals surface area contributed by atoms with Crippen LogP contribution in [0.4, 0.5) is 0 Å². The number of halogens is 1. The van der Waals surface area contributed by atoms with Gasteiger partial charge in [0.05, 0.1) is 31.3 Å². The van der Waals surface area contributed by atoms with Gasteiger partial charge in [0.15, 0.2) is 0 Å². The smallest absolute Gasteiger partial charge is 0.311 e. The van der Waals surface area contributed by atoms with E-state index in [9.17, 15) is 4.79 Å². The van der Waals surface area contributed by atoms with Gasteiger partial charge in [0.2, 0.25) is 0 Å². The Kier molecular flexibility index (Phi) is 9.07. The van der Waals surface area contributed by atoms with Gasteiger partial charge >= 0.3 is 5.97 Å². The van der Waals surface area contributed by atoms with Crippen molar-refractivity contribution in [3.05, 3.63) is 35.9 Å². The molecule has 152 valence electrons. The Morgan fingerprint density at radius 3 is 2.44 bits per heavy atom. The molecule has 1 saturated carbocycles. The summed E-state index contributed by atoms with van der Waals surface area (Å²) >= 11 is 0. The van der Waals surface area contributed by atoms with Crippen LogP contribution in [0.5, 0.6) is 0 Å². The van der Waals surface area contributed by atoms with E-state index in [4.69, 9.17) is 14.2 Å². The van der Waals surface area contributed by atoms with Gasteiger partial charge in [-0.25, -0.2) is 0 Å². The number of carbonyl (C=O) groups excluding carboxylic acids is 1. The Morgan fingerprint density at radius 1 is 1.04 bits per heavy atom. The monoisotopic (exact) mass is 395 g/mol. The molecule has 2 aliphatic rings. The summed E-state index contributed by atoms with van der Waals surface area (Å²) in [5.74, 6) is -0.245. The summed E-state index contributed by atoms with van der Waals surface area (Å²) in [5.41, 5.74) is 1.27. The summed E-state index contributed by atoms with van der Waals surface area (Å²) in [6.07, 6.45) is 6.70. The molecule has 0 radical (unpaired) electrons. The number of benzene rings is 1. The number of hydrogen-bond donors (Lipinski definition) is 0. The van der Waals surface area contributed by atoms with Crippen molar-refractivity contribution in [2.45, 2.75) is 70.7 Å². The fourth-order valence-corrected chi connectivity index (χ4v) is 4.05.